The third kappa shape index (κ3) is 4.32. The maximum Gasteiger partial charge on any atom is 0.262 e. The van der Waals surface area contributed by atoms with Gasteiger partial charge in [0, 0.05) is 15.7 Å². The molecule has 2 aromatic rings. The van der Waals surface area contributed by atoms with Crippen molar-refractivity contribution in [3.05, 3.63) is 52.0 Å². The summed E-state index contributed by atoms with van der Waals surface area (Å²) in [5.41, 5.74) is 2.15. The van der Waals surface area contributed by atoms with E-state index in [-0.39, 0.29) is 12.5 Å². The van der Waals surface area contributed by atoms with Crippen molar-refractivity contribution < 1.29 is 19.1 Å². The summed E-state index contributed by atoms with van der Waals surface area (Å²) in [6, 6.07) is 10.6. The Kier molecular flexibility index (Phi) is 5.76. The van der Waals surface area contributed by atoms with Gasteiger partial charge < -0.3 is 14.8 Å². The van der Waals surface area contributed by atoms with Crippen LogP contribution < -0.4 is 14.8 Å². The first-order valence-corrected chi connectivity index (χ1v) is 7.65. The van der Waals surface area contributed by atoms with Crippen molar-refractivity contribution in [1.82, 2.24) is 0 Å². The van der Waals surface area contributed by atoms with Crippen LogP contribution in [0.4, 0.5) is 5.69 Å². The molecule has 6 heteroatoms. The number of aldehydes is 1. The van der Waals surface area contributed by atoms with Crippen LogP contribution in [0.2, 0.25) is 0 Å². The predicted octanol–water partition coefficient (Wildman–Crippen LogP) is 3.60. The minimum atomic E-state index is -0.281. The highest BCUT2D eigenvalue weighted by atomic mass is 79.9. The molecule has 0 radical (unpaired) electrons. The van der Waals surface area contributed by atoms with Crippen LogP contribution in [-0.4, -0.2) is 25.9 Å². The first-order chi connectivity index (χ1) is 11.0. The summed E-state index contributed by atoms with van der Waals surface area (Å²) in [4.78, 5) is 22.9. The number of carbonyl (C=O) groups is 2. The number of hydrogen-bond donors (Lipinski definition) is 1. The van der Waals surface area contributed by atoms with Gasteiger partial charge in [-0.1, -0.05) is 18.2 Å². The molecule has 0 aliphatic heterocycles. The van der Waals surface area contributed by atoms with Gasteiger partial charge in [0.15, 0.2) is 24.4 Å². The molecule has 0 bridgehead atoms. The molecule has 0 unspecified atom stereocenters. The molecule has 1 amide bonds. The lowest BCUT2D eigenvalue weighted by molar-refractivity contribution is -0.118. The Morgan fingerprint density at radius 2 is 2.00 bits per heavy atom. The lowest BCUT2D eigenvalue weighted by Crippen LogP contribution is -2.20. The summed E-state index contributed by atoms with van der Waals surface area (Å²) in [5.74, 6) is 0.487. The summed E-state index contributed by atoms with van der Waals surface area (Å²) in [7, 11) is 1.47. The van der Waals surface area contributed by atoms with E-state index in [0.29, 0.717) is 27.8 Å². The van der Waals surface area contributed by atoms with Crippen LogP contribution in [0.5, 0.6) is 11.5 Å². The highest BCUT2D eigenvalue weighted by Gasteiger charge is 2.12. The molecule has 23 heavy (non-hydrogen) atoms. The zero-order valence-electron chi connectivity index (χ0n) is 12.8. The smallest absolute Gasteiger partial charge is 0.262 e. The summed E-state index contributed by atoms with van der Waals surface area (Å²) >= 11 is 3.27. The van der Waals surface area contributed by atoms with E-state index in [9.17, 15) is 9.59 Å². The number of nitrogens with one attached hydrogen (secondary N) is 1. The number of ether oxygens (including phenoxy) is 2. The number of methoxy groups -OCH3 is 1. The number of hydrogen-bond acceptors (Lipinski definition) is 4. The van der Waals surface area contributed by atoms with Crippen LogP contribution in [0.25, 0.3) is 0 Å². The fourth-order valence-corrected chi connectivity index (χ4v) is 2.37. The van der Waals surface area contributed by atoms with Gasteiger partial charge in [-0.3, -0.25) is 9.59 Å². The molecule has 0 saturated heterocycles. The summed E-state index contributed by atoms with van der Waals surface area (Å²) in [6.07, 6.45) is 0.710. The zero-order chi connectivity index (χ0) is 16.8. The van der Waals surface area contributed by atoms with E-state index in [4.69, 9.17) is 9.47 Å². The monoisotopic (exact) mass is 377 g/mol. The topological polar surface area (TPSA) is 64.6 Å². The molecular formula is C17H16BrNO4. The molecule has 0 aliphatic carbocycles. The first-order valence-electron chi connectivity index (χ1n) is 6.86. The van der Waals surface area contributed by atoms with Crippen LogP contribution in [0.3, 0.4) is 0 Å². The van der Waals surface area contributed by atoms with Crippen molar-refractivity contribution in [3.63, 3.8) is 0 Å². The van der Waals surface area contributed by atoms with E-state index in [2.05, 4.69) is 21.2 Å². The average Bonchev–Trinajstić information content (AvgIpc) is 2.55. The number of carbonyl (C=O) groups excluding carboxylic acids is 2. The molecule has 0 saturated carbocycles. The van der Waals surface area contributed by atoms with Gasteiger partial charge in [-0.25, -0.2) is 0 Å². The molecule has 120 valence electrons. The lowest BCUT2D eigenvalue weighted by Gasteiger charge is -2.13. The number of para-hydroxylation sites is 1. The Balaban J connectivity index is 2.06. The van der Waals surface area contributed by atoms with Crippen LogP contribution >= 0.6 is 15.9 Å². The Morgan fingerprint density at radius 3 is 2.65 bits per heavy atom. The van der Waals surface area contributed by atoms with E-state index in [1.54, 1.807) is 12.1 Å². The molecule has 0 aliphatic rings. The summed E-state index contributed by atoms with van der Waals surface area (Å²) in [6.45, 7) is 1.74. The molecule has 2 aromatic carbocycles. The van der Waals surface area contributed by atoms with Gasteiger partial charge in [0.25, 0.3) is 5.91 Å². The van der Waals surface area contributed by atoms with Crippen molar-refractivity contribution in [3.8, 4) is 11.5 Å². The molecule has 0 spiro atoms. The normalized spacial score (nSPS) is 10.0. The minimum Gasteiger partial charge on any atom is -0.493 e. The van der Waals surface area contributed by atoms with Crippen molar-refractivity contribution in [1.29, 1.82) is 0 Å². The average molecular weight is 378 g/mol. The van der Waals surface area contributed by atoms with Crippen LogP contribution in [-0.2, 0) is 4.79 Å². The largest absolute Gasteiger partial charge is 0.493 e. The molecule has 2 rings (SSSR count). The second-order valence-electron chi connectivity index (χ2n) is 4.79. The van der Waals surface area contributed by atoms with Gasteiger partial charge in [-0.05, 0) is 46.6 Å². The van der Waals surface area contributed by atoms with Crippen molar-refractivity contribution in [2.24, 2.45) is 0 Å². The van der Waals surface area contributed by atoms with Gasteiger partial charge in [0.2, 0.25) is 0 Å². The molecule has 0 heterocycles. The highest BCUT2D eigenvalue weighted by Crippen LogP contribution is 2.32. The van der Waals surface area contributed by atoms with Crippen molar-refractivity contribution in [2.45, 2.75) is 6.92 Å². The predicted molar refractivity (Wildman–Crippen MR) is 91.4 cm³/mol. The lowest BCUT2D eigenvalue weighted by atomic mass is 10.2. The van der Waals surface area contributed by atoms with Gasteiger partial charge in [-0.15, -0.1) is 0 Å². The fraction of sp³-hybridized carbons (Fsp3) is 0.176. The number of aryl methyl sites for hydroxylation is 1. The third-order valence-electron chi connectivity index (χ3n) is 3.19. The zero-order valence-corrected chi connectivity index (χ0v) is 14.3. The second-order valence-corrected chi connectivity index (χ2v) is 5.65. The number of benzene rings is 2. The summed E-state index contributed by atoms with van der Waals surface area (Å²) < 4.78 is 11.2. The fourth-order valence-electron chi connectivity index (χ4n) is 1.96. The molecular weight excluding hydrogens is 362 g/mol. The van der Waals surface area contributed by atoms with Gasteiger partial charge in [0.1, 0.15) is 0 Å². The first kappa shape index (κ1) is 17.0. The maximum atomic E-state index is 12.0. The number of rotatable bonds is 6. The minimum absolute atomic E-state index is 0.169. The van der Waals surface area contributed by atoms with Gasteiger partial charge in [-0.2, -0.15) is 0 Å². The van der Waals surface area contributed by atoms with E-state index in [1.165, 1.54) is 7.11 Å². The SMILES string of the molecule is COc1cc(C=O)c(Br)cc1OCC(=O)Nc1ccccc1C. The summed E-state index contributed by atoms with van der Waals surface area (Å²) in [5, 5.41) is 2.78. The molecule has 5 nitrogen and oxygen atoms in total. The van der Waals surface area contributed by atoms with E-state index >= 15 is 0 Å². The Bertz CT molecular complexity index is 731. The van der Waals surface area contributed by atoms with Crippen LogP contribution in [0, 0.1) is 6.92 Å². The Hall–Kier alpha value is -2.34. The third-order valence-corrected chi connectivity index (χ3v) is 3.87. The van der Waals surface area contributed by atoms with Crippen molar-refractivity contribution in [2.75, 3.05) is 19.0 Å². The van der Waals surface area contributed by atoms with Gasteiger partial charge in [0.05, 0.1) is 7.11 Å². The Labute approximate surface area is 142 Å². The molecule has 0 atom stereocenters. The number of anilines is 1. The standard InChI is InChI=1S/C17H16BrNO4/c1-11-5-3-4-6-14(11)19-17(21)10-23-16-8-13(18)12(9-20)7-15(16)22-2/h3-9H,10H2,1-2H3,(H,19,21). The highest BCUT2D eigenvalue weighted by molar-refractivity contribution is 9.10. The van der Waals surface area contributed by atoms with E-state index in [1.807, 2.05) is 31.2 Å². The number of halogens is 1. The maximum absolute atomic E-state index is 12.0. The Morgan fingerprint density at radius 1 is 1.26 bits per heavy atom. The number of amides is 1. The quantitative estimate of drug-likeness (QED) is 0.781. The van der Waals surface area contributed by atoms with E-state index in [0.717, 1.165) is 11.3 Å². The molecule has 0 fully saturated rings. The van der Waals surface area contributed by atoms with Gasteiger partial charge >= 0.3 is 0 Å². The molecule has 0 aromatic heterocycles. The van der Waals surface area contributed by atoms with Crippen LogP contribution in [0.1, 0.15) is 15.9 Å². The molecule has 1 N–H and O–H groups in total. The van der Waals surface area contributed by atoms with E-state index < -0.39 is 0 Å². The van der Waals surface area contributed by atoms with Crippen molar-refractivity contribution >= 4 is 33.8 Å². The van der Waals surface area contributed by atoms with Crippen LogP contribution in [0.15, 0.2) is 40.9 Å². The second kappa shape index (κ2) is 7.78.